The van der Waals surface area contributed by atoms with Gasteiger partial charge in [-0.25, -0.2) is 4.98 Å². The van der Waals surface area contributed by atoms with Gasteiger partial charge in [-0.05, 0) is 30.7 Å². The molecule has 0 spiro atoms. The van der Waals surface area contributed by atoms with Gasteiger partial charge in [-0.15, -0.1) is 0 Å². The molecule has 1 aromatic carbocycles. The molecule has 3 N–H and O–H groups in total. The van der Waals surface area contributed by atoms with Crippen LogP contribution in [-0.4, -0.2) is 17.5 Å². The van der Waals surface area contributed by atoms with Gasteiger partial charge < -0.3 is 15.8 Å². The summed E-state index contributed by atoms with van der Waals surface area (Å²) in [5.74, 6) is 0.436. The van der Waals surface area contributed by atoms with Crippen molar-refractivity contribution in [1.29, 1.82) is 0 Å². The summed E-state index contributed by atoms with van der Waals surface area (Å²) in [6.07, 6.45) is 1.57. The van der Waals surface area contributed by atoms with Crippen LogP contribution < -0.4 is 15.8 Å². The van der Waals surface area contributed by atoms with Crippen LogP contribution in [-0.2, 0) is 4.79 Å². The molecule has 0 aliphatic carbocycles. The summed E-state index contributed by atoms with van der Waals surface area (Å²) in [5.41, 5.74) is 7.39. The number of nitrogens with one attached hydrogen (secondary N) is 1. The van der Waals surface area contributed by atoms with E-state index < -0.39 is 0 Å². The number of hydrogen-bond acceptors (Lipinski definition) is 4. The quantitative estimate of drug-likeness (QED) is 0.878. The lowest BCUT2D eigenvalue weighted by Gasteiger charge is -2.10. The molecule has 0 fully saturated rings. The van der Waals surface area contributed by atoms with Gasteiger partial charge in [-0.2, -0.15) is 0 Å². The average molecular weight is 257 g/mol. The van der Waals surface area contributed by atoms with Gasteiger partial charge in [-0.3, -0.25) is 4.79 Å². The normalized spacial score (nSPS) is 9.95. The highest BCUT2D eigenvalue weighted by Gasteiger charge is 2.07. The van der Waals surface area contributed by atoms with Crippen molar-refractivity contribution in [2.45, 2.75) is 6.92 Å². The van der Waals surface area contributed by atoms with E-state index in [9.17, 15) is 4.79 Å². The summed E-state index contributed by atoms with van der Waals surface area (Å²) in [6, 6.07) is 10.9. The van der Waals surface area contributed by atoms with Gasteiger partial charge in [0.1, 0.15) is 0 Å². The number of para-hydroxylation sites is 1. The third-order valence-corrected chi connectivity index (χ3v) is 2.58. The number of nitrogen functional groups attached to an aromatic ring is 1. The van der Waals surface area contributed by atoms with Crippen LogP contribution in [0.15, 0.2) is 42.6 Å². The number of benzene rings is 1. The van der Waals surface area contributed by atoms with E-state index in [0.717, 1.165) is 11.3 Å². The zero-order valence-corrected chi connectivity index (χ0v) is 10.6. The summed E-state index contributed by atoms with van der Waals surface area (Å²) in [5, 5.41) is 2.77. The van der Waals surface area contributed by atoms with E-state index in [2.05, 4.69) is 10.3 Å². The number of nitrogens with two attached hydrogens (primary N) is 1. The predicted octanol–water partition coefficient (Wildman–Crippen LogP) is 1.99. The van der Waals surface area contributed by atoms with Crippen LogP contribution in [0.3, 0.4) is 0 Å². The molecule has 0 radical (unpaired) electrons. The summed E-state index contributed by atoms with van der Waals surface area (Å²) in [7, 11) is 0. The lowest BCUT2D eigenvalue weighted by atomic mass is 10.2. The number of nitrogens with zero attached hydrogens (tertiary/aromatic N) is 1. The summed E-state index contributed by atoms with van der Waals surface area (Å²) >= 11 is 0. The van der Waals surface area contributed by atoms with E-state index in [0.29, 0.717) is 5.75 Å². The first-order chi connectivity index (χ1) is 9.16. The van der Waals surface area contributed by atoms with Crippen molar-refractivity contribution in [2.75, 3.05) is 17.7 Å². The molecule has 98 valence electrons. The van der Waals surface area contributed by atoms with Crippen LogP contribution in [0.5, 0.6) is 5.75 Å². The number of aromatic nitrogens is 1. The highest BCUT2D eigenvalue weighted by atomic mass is 16.5. The summed E-state index contributed by atoms with van der Waals surface area (Å²) in [4.78, 5) is 15.6. The highest BCUT2D eigenvalue weighted by Crippen LogP contribution is 2.17. The molecule has 5 heteroatoms. The molecular weight excluding hydrogens is 242 g/mol. The third kappa shape index (κ3) is 3.45. The van der Waals surface area contributed by atoms with E-state index in [4.69, 9.17) is 10.5 Å². The molecule has 1 aromatic heterocycles. The summed E-state index contributed by atoms with van der Waals surface area (Å²) in [6.45, 7) is 1.82. The van der Waals surface area contributed by atoms with Gasteiger partial charge >= 0.3 is 0 Å². The van der Waals surface area contributed by atoms with Gasteiger partial charge in [0.05, 0.1) is 0 Å². The number of hydrogen-bond donors (Lipinski definition) is 2. The van der Waals surface area contributed by atoms with E-state index in [1.54, 1.807) is 18.3 Å². The first-order valence-corrected chi connectivity index (χ1v) is 5.85. The Morgan fingerprint density at radius 2 is 2.11 bits per heavy atom. The van der Waals surface area contributed by atoms with Crippen LogP contribution in [0.4, 0.5) is 11.5 Å². The van der Waals surface area contributed by atoms with E-state index in [1.165, 1.54) is 0 Å². The Morgan fingerprint density at radius 3 is 2.84 bits per heavy atom. The van der Waals surface area contributed by atoms with Gasteiger partial charge in [0.2, 0.25) is 0 Å². The van der Waals surface area contributed by atoms with Crippen LogP contribution in [0, 0.1) is 6.92 Å². The number of anilines is 2. The number of amides is 1. The van der Waals surface area contributed by atoms with Crippen molar-refractivity contribution < 1.29 is 9.53 Å². The molecule has 0 aliphatic rings. The Kier molecular flexibility index (Phi) is 3.97. The zero-order chi connectivity index (χ0) is 13.7. The fourth-order valence-corrected chi connectivity index (χ4v) is 1.57. The number of aryl methyl sites for hydroxylation is 1. The predicted molar refractivity (Wildman–Crippen MR) is 74.0 cm³/mol. The first-order valence-electron chi connectivity index (χ1n) is 5.85. The molecule has 1 amide bonds. The van der Waals surface area contributed by atoms with Crippen LogP contribution in [0.1, 0.15) is 5.56 Å². The van der Waals surface area contributed by atoms with E-state index >= 15 is 0 Å². The van der Waals surface area contributed by atoms with Crippen molar-refractivity contribution >= 4 is 17.4 Å². The largest absolute Gasteiger partial charge is 0.480 e. The van der Waals surface area contributed by atoms with Gasteiger partial charge in [0.15, 0.2) is 18.2 Å². The number of rotatable bonds is 4. The second-order valence-electron chi connectivity index (χ2n) is 4.04. The molecule has 5 nitrogen and oxygen atoms in total. The molecule has 2 aromatic rings. The fraction of sp³-hybridized carbons (Fsp3) is 0.143. The topological polar surface area (TPSA) is 77.2 Å². The van der Waals surface area contributed by atoms with Crippen LogP contribution in [0.2, 0.25) is 0 Å². The number of ether oxygens (including phenoxy) is 1. The Balaban J connectivity index is 1.92. The second kappa shape index (κ2) is 5.86. The standard InChI is InChI=1S/C14H15N3O2/c1-10-5-2-3-6-11(10)17-13(18)9-19-12-7-4-8-16-14(12)15/h2-8H,9H2,1H3,(H2,15,16)(H,17,18). The zero-order valence-electron chi connectivity index (χ0n) is 10.6. The number of carbonyl (C=O) groups is 1. The minimum Gasteiger partial charge on any atom is -0.480 e. The Morgan fingerprint density at radius 1 is 1.32 bits per heavy atom. The maximum absolute atomic E-state index is 11.8. The highest BCUT2D eigenvalue weighted by molar-refractivity contribution is 5.92. The van der Waals surface area contributed by atoms with Crippen molar-refractivity contribution in [1.82, 2.24) is 4.98 Å². The molecule has 2 rings (SSSR count). The second-order valence-corrected chi connectivity index (χ2v) is 4.04. The summed E-state index contributed by atoms with van der Waals surface area (Å²) < 4.78 is 5.31. The lowest BCUT2D eigenvalue weighted by molar-refractivity contribution is -0.118. The minimum absolute atomic E-state index is 0.107. The molecule has 0 saturated carbocycles. The van der Waals surface area contributed by atoms with Crippen molar-refractivity contribution in [3.8, 4) is 5.75 Å². The Bertz CT molecular complexity index is 584. The first kappa shape index (κ1) is 12.9. The van der Waals surface area contributed by atoms with Crippen LogP contribution >= 0.6 is 0 Å². The van der Waals surface area contributed by atoms with Gasteiger partial charge in [0.25, 0.3) is 5.91 Å². The molecular formula is C14H15N3O2. The lowest BCUT2D eigenvalue weighted by Crippen LogP contribution is -2.21. The smallest absolute Gasteiger partial charge is 0.262 e. The van der Waals surface area contributed by atoms with Gasteiger partial charge in [-0.1, -0.05) is 18.2 Å². The van der Waals surface area contributed by atoms with Gasteiger partial charge in [0, 0.05) is 11.9 Å². The Hall–Kier alpha value is -2.56. The van der Waals surface area contributed by atoms with Crippen molar-refractivity contribution in [3.05, 3.63) is 48.2 Å². The molecule has 0 aliphatic heterocycles. The maximum Gasteiger partial charge on any atom is 0.262 e. The monoisotopic (exact) mass is 257 g/mol. The Labute approximate surface area is 111 Å². The molecule has 0 bridgehead atoms. The average Bonchev–Trinajstić information content (AvgIpc) is 2.40. The van der Waals surface area contributed by atoms with E-state index in [1.807, 2.05) is 31.2 Å². The fourth-order valence-electron chi connectivity index (χ4n) is 1.57. The molecule has 19 heavy (non-hydrogen) atoms. The van der Waals surface area contributed by atoms with E-state index in [-0.39, 0.29) is 18.3 Å². The maximum atomic E-state index is 11.8. The third-order valence-electron chi connectivity index (χ3n) is 2.58. The van der Waals surface area contributed by atoms with Crippen LogP contribution in [0.25, 0.3) is 0 Å². The molecule has 0 unspecified atom stereocenters. The SMILES string of the molecule is Cc1ccccc1NC(=O)COc1cccnc1N. The molecule has 0 atom stereocenters. The van der Waals surface area contributed by atoms with Crippen molar-refractivity contribution in [2.24, 2.45) is 0 Å². The molecule has 1 heterocycles. The molecule has 0 saturated heterocycles. The number of carbonyl (C=O) groups excluding carboxylic acids is 1. The minimum atomic E-state index is -0.238. The number of pyridine rings is 1. The van der Waals surface area contributed by atoms with Crippen molar-refractivity contribution in [3.63, 3.8) is 0 Å².